The van der Waals surface area contributed by atoms with Gasteiger partial charge in [0, 0.05) is 34.4 Å². The molecule has 0 unspecified atom stereocenters. The second kappa shape index (κ2) is 7.40. The highest BCUT2D eigenvalue weighted by Crippen LogP contribution is 2.21. The summed E-state index contributed by atoms with van der Waals surface area (Å²) in [6, 6.07) is 11.2. The van der Waals surface area contributed by atoms with Crippen LogP contribution in [0.5, 0.6) is 0 Å². The Morgan fingerprint density at radius 2 is 1.86 bits per heavy atom. The predicted molar refractivity (Wildman–Crippen MR) is 92.6 cm³/mol. The maximum atomic E-state index is 10.6. The van der Waals surface area contributed by atoms with E-state index in [1.54, 1.807) is 24.3 Å². The van der Waals surface area contributed by atoms with Crippen LogP contribution in [-0.4, -0.2) is 10.0 Å². The molecule has 0 spiro atoms. The SMILES string of the molecule is O=[N+]([O-])c1ccc(NC(=S)NCc2ccc(Cl)cc2Cl)cc1. The van der Waals surface area contributed by atoms with Crippen molar-refractivity contribution in [3.8, 4) is 0 Å². The lowest BCUT2D eigenvalue weighted by Crippen LogP contribution is -2.27. The summed E-state index contributed by atoms with van der Waals surface area (Å²) in [5, 5.41) is 18.0. The highest BCUT2D eigenvalue weighted by molar-refractivity contribution is 7.80. The quantitative estimate of drug-likeness (QED) is 0.483. The molecule has 5 nitrogen and oxygen atoms in total. The van der Waals surface area contributed by atoms with Gasteiger partial charge in [-0.3, -0.25) is 10.1 Å². The molecular formula is C14H11Cl2N3O2S. The number of benzene rings is 2. The van der Waals surface area contributed by atoms with Gasteiger partial charge in [-0.15, -0.1) is 0 Å². The average Bonchev–Trinajstić information content (AvgIpc) is 2.47. The van der Waals surface area contributed by atoms with Crippen molar-refractivity contribution < 1.29 is 4.92 Å². The minimum absolute atomic E-state index is 0.0253. The average molecular weight is 356 g/mol. The summed E-state index contributed by atoms with van der Waals surface area (Å²) in [5.74, 6) is 0. The summed E-state index contributed by atoms with van der Waals surface area (Å²) in [7, 11) is 0. The Labute approximate surface area is 142 Å². The molecule has 8 heteroatoms. The number of anilines is 1. The molecule has 0 bridgehead atoms. The van der Waals surface area contributed by atoms with Crippen molar-refractivity contribution in [1.82, 2.24) is 5.32 Å². The summed E-state index contributed by atoms with van der Waals surface area (Å²) in [6.45, 7) is 0.439. The molecular weight excluding hydrogens is 345 g/mol. The zero-order valence-electron chi connectivity index (χ0n) is 11.2. The van der Waals surface area contributed by atoms with Gasteiger partial charge in [-0.2, -0.15) is 0 Å². The van der Waals surface area contributed by atoms with Crippen molar-refractivity contribution in [2.75, 3.05) is 5.32 Å². The molecule has 2 aromatic carbocycles. The van der Waals surface area contributed by atoms with E-state index in [9.17, 15) is 10.1 Å². The number of nitro groups is 1. The number of non-ortho nitro benzene ring substituents is 1. The molecule has 0 amide bonds. The zero-order valence-corrected chi connectivity index (χ0v) is 13.5. The number of nitrogens with one attached hydrogen (secondary N) is 2. The van der Waals surface area contributed by atoms with Crippen molar-refractivity contribution in [3.63, 3.8) is 0 Å². The Hall–Kier alpha value is -1.89. The molecule has 0 fully saturated rings. The predicted octanol–water partition coefficient (Wildman–Crippen LogP) is 4.39. The van der Waals surface area contributed by atoms with Gasteiger partial charge < -0.3 is 10.6 Å². The number of hydrogen-bond acceptors (Lipinski definition) is 3. The third-order valence-electron chi connectivity index (χ3n) is 2.79. The Morgan fingerprint density at radius 1 is 1.18 bits per heavy atom. The fraction of sp³-hybridized carbons (Fsp3) is 0.0714. The molecule has 0 saturated heterocycles. The van der Waals surface area contributed by atoms with E-state index in [0.29, 0.717) is 27.4 Å². The first-order chi connectivity index (χ1) is 10.5. The Bertz CT molecular complexity index is 708. The van der Waals surface area contributed by atoms with Crippen molar-refractivity contribution in [1.29, 1.82) is 0 Å². The molecule has 0 aromatic heterocycles. The lowest BCUT2D eigenvalue weighted by atomic mass is 10.2. The van der Waals surface area contributed by atoms with Crippen LogP contribution >= 0.6 is 35.4 Å². The van der Waals surface area contributed by atoms with Crippen molar-refractivity contribution >= 4 is 51.9 Å². The fourth-order valence-electron chi connectivity index (χ4n) is 1.68. The van der Waals surface area contributed by atoms with Crippen LogP contribution < -0.4 is 10.6 Å². The molecule has 0 heterocycles. The molecule has 0 atom stereocenters. The summed E-state index contributed by atoms with van der Waals surface area (Å²) >= 11 is 17.1. The van der Waals surface area contributed by atoms with E-state index < -0.39 is 4.92 Å². The number of rotatable bonds is 4. The van der Waals surface area contributed by atoms with E-state index in [4.69, 9.17) is 35.4 Å². The standard InChI is InChI=1S/C14H11Cl2N3O2S/c15-10-2-1-9(13(16)7-10)8-17-14(22)18-11-3-5-12(6-4-11)19(20)21/h1-7H,8H2,(H2,17,18,22). The van der Waals surface area contributed by atoms with Gasteiger partial charge in [0.15, 0.2) is 5.11 Å². The number of thiocarbonyl (C=S) groups is 1. The maximum Gasteiger partial charge on any atom is 0.269 e. The van der Waals surface area contributed by atoms with Crippen LogP contribution in [0.2, 0.25) is 10.0 Å². The number of hydrogen-bond donors (Lipinski definition) is 2. The molecule has 0 aliphatic rings. The van der Waals surface area contributed by atoms with Gasteiger partial charge in [0.2, 0.25) is 0 Å². The molecule has 2 rings (SSSR count). The second-order valence-corrected chi connectivity index (χ2v) is 5.60. The van der Waals surface area contributed by atoms with E-state index in [1.807, 2.05) is 6.07 Å². The first-order valence-corrected chi connectivity index (χ1v) is 7.35. The van der Waals surface area contributed by atoms with Gasteiger partial charge in [-0.05, 0) is 42.0 Å². The fourth-order valence-corrected chi connectivity index (χ4v) is 2.35. The normalized spacial score (nSPS) is 10.1. The maximum absolute atomic E-state index is 10.6. The van der Waals surface area contributed by atoms with E-state index in [-0.39, 0.29) is 5.69 Å². The van der Waals surface area contributed by atoms with Crippen LogP contribution in [-0.2, 0) is 6.54 Å². The first kappa shape index (κ1) is 16.5. The van der Waals surface area contributed by atoms with Gasteiger partial charge in [-0.1, -0.05) is 29.3 Å². The highest BCUT2D eigenvalue weighted by Gasteiger charge is 2.05. The van der Waals surface area contributed by atoms with Crippen LogP contribution in [0.3, 0.4) is 0 Å². The minimum Gasteiger partial charge on any atom is -0.358 e. The largest absolute Gasteiger partial charge is 0.358 e. The molecule has 22 heavy (non-hydrogen) atoms. The molecule has 0 saturated carbocycles. The molecule has 2 N–H and O–H groups in total. The smallest absolute Gasteiger partial charge is 0.269 e. The second-order valence-electron chi connectivity index (χ2n) is 4.35. The van der Waals surface area contributed by atoms with Crippen LogP contribution in [0, 0.1) is 10.1 Å². The summed E-state index contributed by atoms with van der Waals surface area (Å²) in [4.78, 5) is 10.1. The van der Waals surface area contributed by atoms with E-state index in [0.717, 1.165) is 5.56 Å². The van der Waals surface area contributed by atoms with Crippen molar-refractivity contribution in [2.45, 2.75) is 6.54 Å². The molecule has 0 aliphatic carbocycles. The number of nitro benzene ring substituents is 1. The van der Waals surface area contributed by atoms with Crippen LogP contribution in [0.15, 0.2) is 42.5 Å². The number of halogens is 2. The first-order valence-electron chi connectivity index (χ1n) is 6.19. The van der Waals surface area contributed by atoms with E-state index in [2.05, 4.69) is 10.6 Å². The minimum atomic E-state index is -0.455. The lowest BCUT2D eigenvalue weighted by molar-refractivity contribution is -0.384. The number of nitrogens with zero attached hydrogens (tertiary/aromatic N) is 1. The van der Waals surface area contributed by atoms with E-state index >= 15 is 0 Å². The molecule has 0 radical (unpaired) electrons. The van der Waals surface area contributed by atoms with E-state index in [1.165, 1.54) is 12.1 Å². The topological polar surface area (TPSA) is 67.2 Å². The summed E-state index contributed by atoms with van der Waals surface area (Å²) in [5.41, 5.74) is 1.54. The third kappa shape index (κ3) is 4.56. The van der Waals surface area contributed by atoms with Gasteiger partial charge in [0.05, 0.1) is 4.92 Å². The van der Waals surface area contributed by atoms with Crippen LogP contribution in [0.25, 0.3) is 0 Å². The summed E-state index contributed by atoms with van der Waals surface area (Å²) < 4.78 is 0. The van der Waals surface area contributed by atoms with Gasteiger partial charge in [-0.25, -0.2) is 0 Å². The third-order valence-corrected chi connectivity index (χ3v) is 3.62. The summed E-state index contributed by atoms with van der Waals surface area (Å²) in [6.07, 6.45) is 0. The lowest BCUT2D eigenvalue weighted by Gasteiger charge is -2.11. The Morgan fingerprint density at radius 3 is 2.45 bits per heavy atom. The monoisotopic (exact) mass is 355 g/mol. The molecule has 2 aromatic rings. The zero-order chi connectivity index (χ0) is 16.1. The van der Waals surface area contributed by atoms with Crippen molar-refractivity contribution in [3.05, 3.63) is 68.2 Å². The Kier molecular flexibility index (Phi) is 5.54. The van der Waals surface area contributed by atoms with Gasteiger partial charge >= 0.3 is 0 Å². The van der Waals surface area contributed by atoms with Crippen LogP contribution in [0.4, 0.5) is 11.4 Å². The van der Waals surface area contributed by atoms with Gasteiger partial charge in [0.25, 0.3) is 5.69 Å². The highest BCUT2D eigenvalue weighted by atomic mass is 35.5. The van der Waals surface area contributed by atoms with Gasteiger partial charge in [0.1, 0.15) is 0 Å². The molecule has 114 valence electrons. The van der Waals surface area contributed by atoms with Crippen LogP contribution in [0.1, 0.15) is 5.56 Å². The van der Waals surface area contributed by atoms with Crippen molar-refractivity contribution in [2.24, 2.45) is 0 Å². The molecule has 0 aliphatic heterocycles. The Balaban J connectivity index is 1.91.